The lowest BCUT2D eigenvalue weighted by Crippen LogP contribution is -2.21. The molecule has 0 aliphatic carbocycles. The molecular formula is C10H13BrO3S. The molecule has 2 atom stereocenters. The molecule has 0 aromatic heterocycles. The summed E-state index contributed by atoms with van der Waals surface area (Å²) in [6, 6.07) is 7.17. The van der Waals surface area contributed by atoms with E-state index in [9.17, 15) is 13.5 Å². The second kappa shape index (κ2) is 4.63. The second-order valence-corrected chi connectivity index (χ2v) is 7.24. The van der Waals surface area contributed by atoms with Crippen molar-refractivity contribution in [1.82, 2.24) is 0 Å². The van der Waals surface area contributed by atoms with Crippen molar-refractivity contribution in [1.29, 1.82) is 0 Å². The first-order valence-electron chi connectivity index (χ1n) is 4.40. The molecule has 1 aromatic carbocycles. The fraction of sp³-hybridized carbons (Fsp3) is 0.400. The molecule has 0 aliphatic rings. The topological polar surface area (TPSA) is 54.4 Å². The van der Waals surface area contributed by atoms with Gasteiger partial charge in [0.05, 0.1) is 0 Å². The maximum atomic E-state index is 11.3. The van der Waals surface area contributed by atoms with Gasteiger partial charge < -0.3 is 5.11 Å². The Labute approximate surface area is 98.2 Å². The van der Waals surface area contributed by atoms with Crippen LogP contribution in [-0.4, -0.2) is 23.9 Å². The second-order valence-electron chi connectivity index (χ2n) is 3.48. The van der Waals surface area contributed by atoms with Gasteiger partial charge in [-0.2, -0.15) is 0 Å². The van der Waals surface area contributed by atoms with Crippen molar-refractivity contribution in [2.45, 2.75) is 17.2 Å². The summed E-state index contributed by atoms with van der Waals surface area (Å²) in [6.45, 7) is 1.83. The van der Waals surface area contributed by atoms with Crippen LogP contribution in [0.2, 0.25) is 0 Å². The van der Waals surface area contributed by atoms with Crippen LogP contribution in [-0.2, 0) is 9.84 Å². The smallest absolute Gasteiger partial charge is 0.163 e. The number of benzene rings is 1. The molecule has 3 nitrogen and oxygen atoms in total. The van der Waals surface area contributed by atoms with Crippen LogP contribution in [0.5, 0.6) is 0 Å². The Balaban J connectivity index is 3.06. The zero-order valence-electron chi connectivity index (χ0n) is 8.51. The molecule has 0 saturated heterocycles. The lowest BCUT2D eigenvalue weighted by Gasteiger charge is -2.17. The number of hydrogen-bond donors (Lipinski definition) is 1. The number of rotatable bonds is 3. The van der Waals surface area contributed by atoms with E-state index >= 15 is 0 Å². The van der Waals surface area contributed by atoms with Gasteiger partial charge in [-0.15, -0.1) is 0 Å². The number of aryl methyl sites for hydroxylation is 1. The molecule has 1 aromatic rings. The van der Waals surface area contributed by atoms with Gasteiger partial charge in [0, 0.05) is 6.26 Å². The largest absolute Gasteiger partial charge is 0.386 e. The first-order valence-corrected chi connectivity index (χ1v) is 7.27. The van der Waals surface area contributed by atoms with Crippen LogP contribution in [0.4, 0.5) is 0 Å². The molecule has 15 heavy (non-hydrogen) atoms. The van der Waals surface area contributed by atoms with Gasteiger partial charge in [0.2, 0.25) is 0 Å². The Hall–Kier alpha value is -0.390. The average Bonchev–Trinajstić information content (AvgIpc) is 2.15. The number of aliphatic hydroxyl groups is 1. The Morgan fingerprint density at radius 2 is 1.87 bits per heavy atom. The van der Waals surface area contributed by atoms with Crippen LogP contribution in [0.1, 0.15) is 17.2 Å². The van der Waals surface area contributed by atoms with Crippen molar-refractivity contribution >= 4 is 25.8 Å². The molecule has 2 unspecified atom stereocenters. The standard InChI is InChI=1S/C10H13BrO3S/c1-7-5-3-4-6-8(7)9(12)10(11)15(2,13)14/h3-6,9-10,12H,1-2H3. The summed E-state index contributed by atoms with van der Waals surface area (Å²) in [5.74, 6) is 0. The molecule has 0 radical (unpaired) electrons. The van der Waals surface area contributed by atoms with Gasteiger partial charge in [0.1, 0.15) is 10.3 Å². The maximum Gasteiger partial charge on any atom is 0.163 e. The fourth-order valence-electron chi connectivity index (χ4n) is 1.29. The van der Waals surface area contributed by atoms with E-state index in [1.807, 2.05) is 19.1 Å². The monoisotopic (exact) mass is 292 g/mol. The summed E-state index contributed by atoms with van der Waals surface area (Å²) in [7, 11) is -3.30. The van der Waals surface area contributed by atoms with Gasteiger partial charge in [0.15, 0.2) is 9.84 Å². The first-order chi connectivity index (χ1) is 6.84. The molecule has 0 heterocycles. The minimum atomic E-state index is -3.30. The van der Waals surface area contributed by atoms with Crippen molar-refractivity contribution in [2.24, 2.45) is 0 Å². The molecular weight excluding hydrogens is 280 g/mol. The van der Waals surface area contributed by atoms with Crippen molar-refractivity contribution < 1.29 is 13.5 Å². The van der Waals surface area contributed by atoms with E-state index < -0.39 is 20.1 Å². The van der Waals surface area contributed by atoms with Gasteiger partial charge in [-0.05, 0) is 18.1 Å². The van der Waals surface area contributed by atoms with E-state index in [-0.39, 0.29) is 0 Å². The van der Waals surface area contributed by atoms with E-state index in [0.717, 1.165) is 11.8 Å². The van der Waals surface area contributed by atoms with Gasteiger partial charge in [-0.25, -0.2) is 8.42 Å². The van der Waals surface area contributed by atoms with Crippen molar-refractivity contribution in [2.75, 3.05) is 6.26 Å². The van der Waals surface area contributed by atoms with Gasteiger partial charge in [0.25, 0.3) is 0 Å². The summed E-state index contributed by atoms with van der Waals surface area (Å²) in [5.41, 5.74) is 1.50. The number of aliphatic hydroxyl groups excluding tert-OH is 1. The van der Waals surface area contributed by atoms with Crippen molar-refractivity contribution in [3.63, 3.8) is 0 Å². The summed E-state index contributed by atoms with van der Waals surface area (Å²) >= 11 is 3.00. The zero-order chi connectivity index (χ0) is 11.6. The van der Waals surface area contributed by atoms with Crippen LogP contribution in [0.25, 0.3) is 0 Å². The molecule has 5 heteroatoms. The lowest BCUT2D eigenvalue weighted by molar-refractivity contribution is 0.194. The minimum absolute atomic E-state index is 0.629. The molecule has 0 amide bonds. The zero-order valence-corrected chi connectivity index (χ0v) is 10.9. The van der Waals surface area contributed by atoms with Crippen LogP contribution < -0.4 is 0 Å². The van der Waals surface area contributed by atoms with E-state index in [0.29, 0.717) is 5.56 Å². The predicted molar refractivity (Wildman–Crippen MR) is 63.7 cm³/mol. The van der Waals surface area contributed by atoms with E-state index in [4.69, 9.17) is 0 Å². The Morgan fingerprint density at radius 3 is 2.33 bits per heavy atom. The van der Waals surface area contributed by atoms with E-state index in [1.54, 1.807) is 12.1 Å². The molecule has 0 bridgehead atoms. The third-order valence-corrected chi connectivity index (χ3v) is 5.78. The summed E-state index contributed by atoms with van der Waals surface area (Å²) in [6.07, 6.45) is 0.0506. The molecule has 1 rings (SSSR count). The highest BCUT2D eigenvalue weighted by molar-refractivity contribution is 9.11. The lowest BCUT2D eigenvalue weighted by atomic mass is 10.1. The summed E-state index contributed by atoms with van der Waals surface area (Å²) < 4.78 is 21.5. The van der Waals surface area contributed by atoms with Gasteiger partial charge in [-0.1, -0.05) is 40.2 Å². The quantitative estimate of drug-likeness (QED) is 0.865. The molecule has 0 fully saturated rings. The van der Waals surface area contributed by atoms with Crippen LogP contribution in [0, 0.1) is 6.92 Å². The van der Waals surface area contributed by atoms with Crippen LogP contribution in [0.15, 0.2) is 24.3 Å². The van der Waals surface area contributed by atoms with Gasteiger partial charge in [-0.3, -0.25) is 0 Å². The van der Waals surface area contributed by atoms with Crippen molar-refractivity contribution in [3.8, 4) is 0 Å². The van der Waals surface area contributed by atoms with Crippen LogP contribution >= 0.6 is 15.9 Å². The Kier molecular flexibility index (Phi) is 3.92. The molecule has 0 saturated carbocycles. The van der Waals surface area contributed by atoms with Gasteiger partial charge >= 0.3 is 0 Å². The normalized spacial score (nSPS) is 16.0. The van der Waals surface area contributed by atoms with Crippen molar-refractivity contribution in [3.05, 3.63) is 35.4 Å². The third-order valence-electron chi connectivity index (χ3n) is 2.16. The highest BCUT2D eigenvalue weighted by Crippen LogP contribution is 2.28. The van der Waals surface area contributed by atoms with E-state index in [1.165, 1.54) is 0 Å². The molecule has 0 spiro atoms. The maximum absolute atomic E-state index is 11.3. The molecule has 1 N–H and O–H groups in total. The summed E-state index contributed by atoms with van der Waals surface area (Å²) in [5, 5.41) is 9.88. The third kappa shape index (κ3) is 3.03. The number of alkyl halides is 1. The minimum Gasteiger partial charge on any atom is -0.386 e. The number of hydrogen-bond acceptors (Lipinski definition) is 3. The van der Waals surface area contributed by atoms with Crippen LogP contribution in [0.3, 0.4) is 0 Å². The highest BCUT2D eigenvalue weighted by Gasteiger charge is 2.27. The molecule has 0 aliphatic heterocycles. The Bertz CT molecular complexity index is 442. The first kappa shape index (κ1) is 12.7. The SMILES string of the molecule is Cc1ccccc1C(O)C(Br)S(C)(=O)=O. The predicted octanol–water partition coefficient (Wildman–Crippen LogP) is 1.79. The van der Waals surface area contributed by atoms with E-state index in [2.05, 4.69) is 15.9 Å². The fourth-order valence-corrected chi connectivity index (χ4v) is 2.19. The number of halogens is 1. The molecule has 84 valence electrons. The number of sulfone groups is 1. The average molecular weight is 293 g/mol. The Morgan fingerprint density at radius 1 is 1.33 bits per heavy atom. The highest BCUT2D eigenvalue weighted by atomic mass is 79.9. The summed E-state index contributed by atoms with van der Waals surface area (Å²) in [4.78, 5) is 0.